The lowest BCUT2D eigenvalue weighted by Crippen LogP contribution is -2.42. The molecule has 8 heteroatoms. The maximum absolute atomic E-state index is 13.9. The summed E-state index contributed by atoms with van der Waals surface area (Å²) in [7, 11) is 3.09. The maximum atomic E-state index is 13.9. The van der Waals surface area contributed by atoms with Gasteiger partial charge in [-0.15, -0.1) is 0 Å². The van der Waals surface area contributed by atoms with E-state index in [2.05, 4.69) is 55.7 Å². The van der Waals surface area contributed by atoms with Crippen LogP contribution in [-0.2, 0) is 23.2 Å². The van der Waals surface area contributed by atoms with Crippen LogP contribution in [0.4, 0.5) is 5.69 Å². The smallest absolute Gasteiger partial charge is 0.326 e. The molecule has 3 N–H and O–H groups in total. The molecule has 0 fully saturated rings. The topological polar surface area (TPSA) is 106 Å². The fraction of sp³-hybridized carbons (Fsp3) is 0.220. The third-order valence-electron chi connectivity index (χ3n) is 8.23. The predicted octanol–water partition coefficient (Wildman–Crippen LogP) is 8.50. The second kappa shape index (κ2) is 15.4. The highest BCUT2D eigenvalue weighted by molar-refractivity contribution is 6.01. The van der Waals surface area contributed by atoms with Crippen LogP contribution >= 0.6 is 0 Å². The molecule has 0 saturated carbocycles. The van der Waals surface area contributed by atoms with E-state index in [1.54, 1.807) is 43.5 Å². The van der Waals surface area contributed by atoms with Crippen LogP contribution < -0.4 is 24.8 Å². The Labute approximate surface area is 287 Å². The number of hydrogen-bond acceptors (Lipinski definition) is 6. The molecule has 5 rings (SSSR count). The molecule has 0 aliphatic rings. The van der Waals surface area contributed by atoms with Gasteiger partial charge in [-0.1, -0.05) is 99.6 Å². The first-order valence-electron chi connectivity index (χ1n) is 16.1. The van der Waals surface area contributed by atoms with Gasteiger partial charge in [0.1, 0.15) is 17.5 Å². The van der Waals surface area contributed by atoms with E-state index in [1.165, 1.54) is 12.7 Å². The molecule has 0 radical (unpaired) electrons. The number of carbonyl (C=O) groups excluding carboxylic acids is 1. The number of ether oxygens (including phenoxy) is 3. The Morgan fingerprint density at radius 1 is 0.714 bits per heavy atom. The van der Waals surface area contributed by atoms with Crippen LogP contribution in [0, 0.1) is 0 Å². The molecule has 5 aromatic rings. The molecule has 49 heavy (non-hydrogen) atoms. The Hall–Kier alpha value is -5.76. The van der Waals surface area contributed by atoms with Gasteiger partial charge in [0.2, 0.25) is 0 Å². The molecule has 252 valence electrons. The van der Waals surface area contributed by atoms with Crippen molar-refractivity contribution < 1.29 is 28.9 Å². The van der Waals surface area contributed by atoms with Crippen molar-refractivity contribution in [2.24, 2.45) is 0 Å². The van der Waals surface area contributed by atoms with Gasteiger partial charge in [-0.05, 0) is 63.6 Å². The van der Waals surface area contributed by atoms with Crippen LogP contribution in [-0.4, -0.2) is 37.2 Å². The fourth-order valence-electron chi connectivity index (χ4n) is 5.40. The van der Waals surface area contributed by atoms with E-state index in [4.69, 9.17) is 14.2 Å². The minimum Gasteiger partial charge on any atom is -0.493 e. The molecule has 1 amide bonds. The third-order valence-corrected chi connectivity index (χ3v) is 8.23. The molecule has 5 aromatic carbocycles. The molecular formula is C41H42N2O6. The largest absolute Gasteiger partial charge is 0.493 e. The number of aliphatic carboxylic acids is 1. The summed E-state index contributed by atoms with van der Waals surface area (Å²) in [4.78, 5) is 26.3. The van der Waals surface area contributed by atoms with Crippen molar-refractivity contribution in [2.45, 2.75) is 45.2 Å². The van der Waals surface area contributed by atoms with Crippen LogP contribution in [0.3, 0.4) is 0 Å². The highest BCUT2D eigenvalue weighted by atomic mass is 16.5. The lowest BCUT2D eigenvalue weighted by Gasteiger charge is -2.20. The Kier molecular flexibility index (Phi) is 10.9. The number of nitrogens with one attached hydrogen (secondary N) is 2. The molecular weight excluding hydrogens is 616 g/mol. The Balaban J connectivity index is 1.38. The van der Waals surface area contributed by atoms with E-state index < -0.39 is 17.9 Å². The molecule has 0 bridgehead atoms. The zero-order valence-electron chi connectivity index (χ0n) is 28.4. The van der Waals surface area contributed by atoms with E-state index in [0.29, 0.717) is 35.2 Å². The molecule has 8 nitrogen and oxygen atoms in total. The summed E-state index contributed by atoms with van der Waals surface area (Å²) in [5.41, 5.74) is 5.95. The number of amides is 1. The molecule has 0 spiro atoms. The van der Waals surface area contributed by atoms with Crippen molar-refractivity contribution in [1.29, 1.82) is 0 Å². The molecule has 1 atom stereocenters. The predicted molar refractivity (Wildman–Crippen MR) is 193 cm³/mol. The van der Waals surface area contributed by atoms with Gasteiger partial charge in [-0.25, -0.2) is 4.79 Å². The number of benzene rings is 5. The number of carboxylic acids is 1. The molecule has 1 unspecified atom stereocenters. The normalized spacial score (nSPS) is 11.7. The van der Waals surface area contributed by atoms with Gasteiger partial charge in [0, 0.05) is 24.7 Å². The van der Waals surface area contributed by atoms with E-state index in [1.807, 2.05) is 54.6 Å². The lowest BCUT2D eigenvalue weighted by atomic mass is 9.87. The highest BCUT2D eigenvalue weighted by Gasteiger charge is 2.24. The average Bonchev–Trinajstić information content (AvgIpc) is 3.11. The summed E-state index contributed by atoms with van der Waals surface area (Å²) in [6.45, 7) is 6.96. The number of hydrogen-bond donors (Lipinski definition) is 3. The van der Waals surface area contributed by atoms with E-state index in [-0.39, 0.29) is 17.4 Å². The molecule has 0 aliphatic carbocycles. The Morgan fingerprint density at radius 3 is 1.96 bits per heavy atom. The van der Waals surface area contributed by atoms with Gasteiger partial charge in [-0.2, -0.15) is 0 Å². The van der Waals surface area contributed by atoms with Crippen molar-refractivity contribution in [1.82, 2.24) is 5.32 Å². The lowest BCUT2D eigenvalue weighted by molar-refractivity contribution is -0.139. The molecule has 0 aliphatic heterocycles. The minimum atomic E-state index is -1.16. The minimum absolute atomic E-state index is 0.0333. The first-order chi connectivity index (χ1) is 23.5. The van der Waals surface area contributed by atoms with Gasteiger partial charge >= 0.3 is 5.97 Å². The number of carboxylic acid groups (broad SMARTS) is 1. The molecule has 0 heterocycles. The van der Waals surface area contributed by atoms with Crippen molar-refractivity contribution in [3.05, 3.63) is 138 Å². The number of carbonyl (C=O) groups is 2. The summed E-state index contributed by atoms with van der Waals surface area (Å²) in [6.07, 6.45) is 0.112. The Morgan fingerprint density at radius 2 is 1.33 bits per heavy atom. The summed E-state index contributed by atoms with van der Waals surface area (Å²) >= 11 is 0. The second-order valence-electron chi connectivity index (χ2n) is 12.8. The van der Waals surface area contributed by atoms with Gasteiger partial charge in [0.25, 0.3) is 5.91 Å². The first kappa shape index (κ1) is 34.6. The SMILES string of the molecule is COc1ccc(Oc2ccc(NCc3ccc(C(C)(C)C)cc3)c(C(=O)NC(Cc3ccc(-c4ccccc4)cc3)C(=O)O)c2)cc1OC. The molecule has 0 saturated heterocycles. The van der Waals surface area contributed by atoms with Gasteiger partial charge in [0.05, 0.1) is 19.8 Å². The van der Waals surface area contributed by atoms with Crippen LogP contribution in [0.5, 0.6) is 23.0 Å². The first-order valence-corrected chi connectivity index (χ1v) is 16.1. The number of methoxy groups -OCH3 is 2. The monoisotopic (exact) mass is 658 g/mol. The fourth-order valence-corrected chi connectivity index (χ4v) is 5.40. The van der Waals surface area contributed by atoms with Crippen LogP contribution in [0.15, 0.2) is 115 Å². The van der Waals surface area contributed by atoms with Crippen molar-refractivity contribution in [3.8, 4) is 34.1 Å². The summed E-state index contributed by atoms with van der Waals surface area (Å²) in [5, 5.41) is 16.2. The van der Waals surface area contributed by atoms with E-state index >= 15 is 0 Å². The average molecular weight is 659 g/mol. The van der Waals surface area contributed by atoms with Gasteiger partial charge in [-0.3, -0.25) is 4.79 Å². The van der Waals surface area contributed by atoms with Gasteiger partial charge in [0.15, 0.2) is 11.5 Å². The highest BCUT2D eigenvalue weighted by Crippen LogP contribution is 2.34. The van der Waals surface area contributed by atoms with Crippen molar-refractivity contribution in [2.75, 3.05) is 19.5 Å². The van der Waals surface area contributed by atoms with Gasteiger partial charge < -0.3 is 30.0 Å². The summed E-state index contributed by atoms with van der Waals surface area (Å²) < 4.78 is 16.8. The second-order valence-corrected chi connectivity index (χ2v) is 12.8. The zero-order valence-corrected chi connectivity index (χ0v) is 28.4. The van der Waals surface area contributed by atoms with Crippen LogP contribution in [0.25, 0.3) is 11.1 Å². The van der Waals surface area contributed by atoms with E-state index in [0.717, 1.165) is 22.3 Å². The van der Waals surface area contributed by atoms with Crippen LogP contribution in [0.2, 0.25) is 0 Å². The zero-order chi connectivity index (χ0) is 35.0. The Bertz CT molecular complexity index is 1880. The maximum Gasteiger partial charge on any atom is 0.326 e. The standard InChI is InChI=1S/C41H42N2O6/c1-41(2,3)31-17-13-28(14-18-31)26-42-35-21-19-32(49-33-20-22-37(47-4)38(25-33)48-5)24-34(35)39(44)43-36(40(45)46)23-27-11-15-30(16-12-27)29-9-7-6-8-10-29/h6-22,24-25,36,42H,23,26H2,1-5H3,(H,43,44)(H,45,46). The molecule has 0 aromatic heterocycles. The third kappa shape index (κ3) is 8.99. The van der Waals surface area contributed by atoms with E-state index in [9.17, 15) is 14.7 Å². The number of anilines is 1. The summed E-state index contributed by atoms with van der Waals surface area (Å²) in [6, 6.07) is 35.1. The number of rotatable bonds is 13. The van der Waals surface area contributed by atoms with Crippen LogP contribution in [0.1, 0.15) is 47.8 Å². The summed E-state index contributed by atoms with van der Waals surface area (Å²) in [5.74, 6) is 0.240. The quantitative estimate of drug-likeness (QED) is 0.117. The van der Waals surface area contributed by atoms with Crippen molar-refractivity contribution >= 4 is 17.6 Å². The van der Waals surface area contributed by atoms with Crippen molar-refractivity contribution in [3.63, 3.8) is 0 Å².